The first-order valence-corrected chi connectivity index (χ1v) is 6.85. The molecule has 1 aromatic carbocycles. The SMILES string of the molecule is Cc1ccc(F)cc1S(=O)(=O)NCc1cc[nH]c1. The maximum absolute atomic E-state index is 13.1. The molecule has 0 aliphatic heterocycles. The molecule has 0 aliphatic rings. The van der Waals surface area contributed by atoms with Gasteiger partial charge in [-0.1, -0.05) is 6.07 Å². The highest BCUT2D eigenvalue weighted by atomic mass is 32.2. The van der Waals surface area contributed by atoms with Crippen molar-refractivity contribution in [1.29, 1.82) is 0 Å². The van der Waals surface area contributed by atoms with Gasteiger partial charge >= 0.3 is 0 Å². The van der Waals surface area contributed by atoms with Crippen molar-refractivity contribution in [2.75, 3.05) is 0 Å². The fourth-order valence-corrected chi connectivity index (χ4v) is 2.86. The summed E-state index contributed by atoms with van der Waals surface area (Å²) < 4.78 is 39.6. The Morgan fingerprint density at radius 3 is 2.78 bits per heavy atom. The van der Waals surface area contributed by atoms with Crippen molar-refractivity contribution in [3.05, 3.63) is 53.6 Å². The van der Waals surface area contributed by atoms with Crippen LogP contribution in [-0.4, -0.2) is 13.4 Å². The molecule has 1 heterocycles. The Bertz CT molecular complexity index is 636. The number of hydrogen-bond donors (Lipinski definition) is 2. The Morgan fingerprint density at radius 2 is 2.11 bits per heavy atom. The average molecular weight is 268 g/mol. The van der Waals surface area contributed by atoms with Crippen LogP contribution in [0.4, 0.5) is 4.39 Å². The molecule has 0 saturated carbocycles. The molecule has 2 N–H and O–H groups in total. The summed E-state index contributed by atoms with van der Waals surface area (Å²) in [4.78, 5) is 2.80. The molecule has 0 aliphatic carbocycles. The molecule has 0 bridgehead atoms. The highest BCUT2D eigenvalue weighted by Crippen LogP contribution is 2.16. The Labute approximate surface area is 105 Å². The molecule has 0 fully saturated rings. The van der Waals surface area contributed by atoms with Crippen molar-refractivity contribution in [1.82, 2.24) is 9.71 Å². The van der Waals surface area contributed by atoms with Gasteiger partial charge in [-0.3, -0.25) is 0 Å². The third-order valence-corrected chi connectivity index (χ3v) is 4.11. The molecule has 0 spiro atoms. The molecular formula is C12H13FN2O2S. The molecular weight excluding hydrogens is 255 g/mol. The number of benzene rings is 1. The molecule has 0 amide bonds. The zero-order valence-corrected chi connectivity index (χ0v) is 10.6. The normalized spacial score (nSPS) is 11.7. The van der Waals surface area contributed by atoms with Crippen LogP contribution in [0.3, 0.4) is 0 Å². The Hall–Kier alpha value is -1.66. The fourth-order valence-electron chi connectivity index (χ4n) is 1.59. The second kappa shape index (κ2) is 4.91. The van der Waals surface area contributed by atoms with E-state index in [0.29, 0.717) is 5.56 Å². The van der Waals surface area contributed by atoms with Gasteiger partial charge in [-0.15, -0.1) is 0 Å². The van der Waals surface area contributed by atoms with E-state index in [1.54, 1.807) is 25.4 Å². The van der Waals surface area contributed by atoms with Crippen molar-refractivity contribution in [3.8, 4) is 0 Å². The van der Waals surface area contributed by atoms with Crippen LogP contribution in [0.5, 0.6) is 0 Å². The van der Waals surface area contributed by atoms with Crippen molar-refractivity contribution in [3.63, 3.8) is 0 Å². The summed E-state index contributed by atoms with van der Waals surface area (Å²) in [6.07, 6.45) is 3.40. The van der Waals surface area contributed by atoms with Crippen LogP contribution < -0.4 is 4.72 Å². The summed E-state index contributed by atoms with van der Waals surface area (Å²) in [5.74, 6) is -0.567. The predicted octanol–water partition coefficient (Wildman–Crippen LogP) is 1.94. The van der Waals surface area contributed by atoms with E-state index in [0.717, 1.165) is 11.6 Å². The van der Waals surface area contributed by atoms with Gasteiger partial charge in [0.25, 0.3) is 0 Å². The quantitative estimate of drug-likeness (QED) is 0.890. The van der Waals surface area contributed by atoms with Crippen molar-refractivity contribution in [2.45, 2.75) is 18.4 Å². The lowest BCUT2D eigenvalue weighted by Crippen LogP contribution is -2.23. The van der Waals surface area contributed by atoms with Gasteiger partial charge in [-0.2, -0.15) is 0 Å². The van der Waals surface area contributed by atoms with Gasteiger partial charge in [0.2, 0.25) is 10.0 Å². The first-order chi connectivity index (χ1) is 8.49. The summed E-state index contributed by atoms with van der Waals surface area (Å²) in [5, 5.41) is 0. The number of H-pyrrole nitrogens is 1. The van der Waals surface area contributed by atoms with Crippen molar-refractivity contribution >= 4 is 10.0 Å². The molecule has 4 nitrogen and oxygen atoms in total. The molecule has 0 atom stereocenters. The minimum atomic E-state index is -3.69. The number of aryl methyl sites for hydroxylation is 1. The monoisotopic (exact) mass is 268 g/mol. The molecule has 96 valence electrons. The Kier molecular flexibility index (Phi) is 3.49. The number of sulfonamides is 1. The Balaban J connectivity index is 2.22. The van der Waals surface area contributed by atoms with E-state index >= 15 is 0 Å². The number of nitrogens with one attached hydrogen (secondary N) is 2. The summed E-state index contributed by atoms with van der Waals surface area (Å²) in [6.45, 7) is 1.80. The van der Waals surface area contributed by atoms with Gasteiger partial charge in [0.15, 0.2) is 0 Å². The zero-order valence-electron chi connectivity index (χ0n) is 9.77. The zero-order chi connectivity index (χ0) is 13.2. The molecule has 2 rings (SSSR count). The van der Waals surface area contributed by atoms with Gasteiger partial charge < -0.3 is 4.98 Å². The topological polar surface area (TPSA) is 62.0 Å². The molecule has 1 aromatic heterocycles. The average Bonchev–Trinajstić information content (AvgIpc) is 2.83. The standard InChI is InChI=1S/C12H13FN2O2S/c1-9-2-3-11(13)6-12(9)18(16,17)15-8-10-4-5-14-7-10/h2-7,14-15H,8H2,1H3. The molecule has 0 saturated heterocycles. The second-order valence-corrected chi connectivity index (χ2v) is 5.69. The van der Waals surface area contributed by atoms with Crippen molar-refractivity contribution < 1.29 is 12.8 Å². The van der Waals surface area contributed by atoms with Crippen LogP contribution in [-0.2, 0) is 16.6 Å². The minimum absolute atomic E-state index is 0.0296. The summed E-state index contributed by atoms with van der Waals surface area (Å²) >= 11 is 0. The lowest BCUT2D eigenvalue weighted by molar-refractivity contribution is 0.576. The van der Waals surface area contributed by atoms with Crippen LogP contribution in [0.15, 0.2) is 41.6 Å². The van der Waals surface area contributed by atoms with E-state index in [9.17, 15) is 12.8 Å². The van der Waals surface area contributed by atoms with Crippen LogP contribution in [0, 0.1) is 12.7 Å². The van der Waals surface area contributed by atoms with Crippen LogP contribution in [0.25, 0.3) is 0 Å². The second-order valence-electron chi connectivity index (χ2n) is 3.95. The number of aromatic nitrogens is 1. The lowest BCUT2D eigenvalue weighted by Gasteiger charge is -2.08. The van der Waals surface area contributed by atoms with E-state index in [1.165, 1.54) is 12.1 Å². The maximum atomic E-state index is 13.1. The summed E-state index contributed by atoms with van der Waals surface area (Å²) in [6, 6.07) is 5.47. The largest absolute Gasteiger partial charge is 0.367 e. The van der Waals surface area contributed by atoms with Crippen LogP contribution in [0.1, 0.15) is 11.1 Å². The lowest BCUT2D eigenvalue weighted by atomic mass is 10.2. The van der Waals surface area contributed by atoms with Gasteiger partial charge in [0.05, 0.1) is 4.90 Å². The molecule has 2 aromatic rings. The first-order valence-electron chi connectivity index (χ1n) is 5.36. The van der Waals surface area contributed by atoms with E-state index < -0.39 is 15.8 Å². The third-order valence-electron chi connectivity index (χ3n) is 2.57. The highest BCUT2D eigenvalue weighted by molar-refractivity contribution is 7.89. The number of aromatic amines is 1. The van der Waals surface area contributed by atoms with Gasteiger partial charge in [-0.05, 0) is 36.2 Å². The smallest absolute Gasteiger partial charge is 0.241 e. The van der Waals surface area contributed by atoms with E-state index in [1.807, 2.05) is 0 Å². The number of halogens is 1. The Morgan fingerprint density at radius 1 is 1.33 bits per heavy atom. The summed E-state index contributed by atoms with van der Waals surface area (Å²) in [5.41, 5.74) is 1.32. The first kappa shape index (κ1) is 12.8. The van der Waals surface area contributed by atoms with Gasteiger partial charge in [-0.25, -0.2) is 17.5 Å². The van der Waals surface area contributed by atoms with Gasteiger partial charge in [0, 0.05) is 18.9 Å². The fraction of sp³-hybridized carbons (Fsp3) is 0.167. The molecule has 18 heavy (non-hydrogen) atoms. The minimum Gasteiger partial charge on any atom is -0.367 e. The molecule has 6 heteroatoms. The van der Waals surface area contributed by atoms with Crippen LogP contribution in [0.2, 0.25) is 0 Å². The van der Waals surface area contributed by atoms with E-state index in [-0.39, 0.29) is 11.4 Å². The van der Waals surface area contributed by atoms with E-state index in [4.69, 9.17) is 0 Å². The van der Waals surface area contributed by atoms with Crippen molar-refractivity contribution in [2.24, 2.45) is 0 Å². The van der Waals surface area contributed by atoms with Gasteiger partial charge in [0.1, 0.15) is 5.82 Å². The maximum Gasteiger partial charge on any atom is 0.241 e. The number of rotatable bonds is 4. The van der Waals surface area contributed by atoms with E-state index in [2.05, 4.69) is 9.71 Å². The number of hydrogen-bond acceptors (Lipinski definition) is 2. The summed E-state index contributed by atoms with van der Waals surface area (Å²) in [7, 11) is -3.69. The molecule has 0 unspecified atom stereocenters. The highest BCUT2D eigenvalue weighted by Gasteiger charge is 2.17. The van der Waals surface area contributed by atoms with Crippen LogP contribution >= 0.6 is 0 Å². The third kappa shape index (κ3) is 2.77. The predicted molar refractivity (Wildman–Crippen MR) is 66.0 cm³/mol. The molecule has 0 radical (unpaired) electrons.